The summed E-state index contributed by atoms with van der Waals surface area (Å²) in [5, 5.41) is 11.9. The summed E-state index contributed by atoms with van der Waals surface area (Å²) in [6.07, 6.45) is 14.1. The molecule has 184 valence electrons. The maximum absolute atomic E-state index is 11.9. The standard InChI is InChI=1S/C29H50O3/c1-19(2)8-7-9-20(3)24-10-11-25-23-13-17-29(31)18-22(32-21(4)30)12-16-28(29,6)26(23)14-15-27(24,25)5/h19-20,22-26,31H,7-18H2,1-6H3/t20-,22?,23+,24-,25+,26+,27-,28-,29?/m1/s1. The third kappa shape index (κ3) is 4.07. The number of ether oxygens (including phenoxy) is 1. The van der Waals surface area contributed by atoms with Gasteiger partial charge in [-0.15, -0.1) is 0 Å². The molecule has 4 aliphatic rings. The Morgan fingerprint density at radius 2 is 1.72 bits per heavy atom. The number of hydrogen-bond donors (Lipinski definition) is 1. The summed E-state index contributed by atoms with van der Waals surface area (Å²) < 4.78 is 5.56. The molecule has 0 aliphatic heterocycles. The molecule has 9 atom stereocenters. The van der Waals surface area contributed by atoms with Crippen LogP contribution in [0.1, 0.15) is 119 Å². The van der Waals surface area contributed by atoms with Gasteiger partial charge in [-0.05, 0) is 97.7 Å². The lowest BCUT2D eigenvalue weighted by Crippen LogP contribution is -2.63. The van der Waals surface area contributed by atoms with E-state index in [0.29, 0.717) is 17.8 Å². The van der Waals surface area contributed by atoms with Crippen LogP contribution < -0.4 is 0 Å². The quantitative estimate of drug-likeness (QED) is 0.440. The summed E-state index contributed by atoms with van der Waals surface area (Å²) in [4.78, 5) is 11.5. The van der Waals surface area contributed by atoms with E-state index in [1.807, 2.05) is 0 Å². The van der Waals surface area contributed by atoms with Gasteiger partial charge < -0.3 is 9.84 Å². The van der Waals surface area contributed by atoms with E-state index in [-0.39, 0.29) is 17.5 Å². The normalized spacial score (nSPS) is 46.8. The number of hydrogen-bond acceptors (Lipinski definition) is 3. The zero-order valence-corrected chi connectivity index (χ0v) is 21.8. The van der Waals surface area contributed by atoms with Gasteiger partial charge in [-0.25, -0.2) is 0 Å². The predicted molar refractivity (Wildman–Crippen MR) is 130 cm³/mol. The Bertz CT molecular complexity index is 688. The molecule has 2 unspecified atom stereocenters. The first kappa shape index (κ1) is 24.6. The van der Waals surface area contributed by atoms with E-state index in [2.05, 4.69) is 34.6 Å². The van der Waals surface area contributed by atoms with Crippen LogP contribution in [0.25, 0.3) is 0 Å². The Morgan fingerprint density at radius 3 is 2.41 bits per heavy atom. The van der Waals surface area contributed by atoms with Gasteiger partial charge in [-0.3, -0.25) is 4.79 Å². The highest BCUT2D eigenvalue weighted by Crippen LogP contribution is 2.69. The molecule has 4 saturated carbocycles. The fourth-order valence-corrected chi connectivity index (χ4v) is 9.57. The average Bonchev–Trinajstić information content (AvgIpc) is 3.05. The minimum atomic E-state index is -0.664. The molecule has 0 amide bonds. The highest BCUT2D eigenvalue weighted by Gasteiger charge is 2.64. The van der Waals surface area contributed by atoms with E-state index < -0.39 is 5.60 Å². The Morgan fingerprint density at radius 1 is 0.969 bits per heavy atom. The van der Waals surface area contributed by atoms with Crippen molar-refractivity contribution >= 4 is 5.97 Å². The van der Waals surface area contributed by atoms with E-state index >= 15 is 0 Å². The summed E-state index contributed by atoms with van der Waals surface area (Å²) >= 11 is 0. The molecule has 0 radical (unpaired) electrons. The van der Waals surface area contributed by atoms with E-state index in [1.165, 1.54) is 51.9 Å². The molecular weight excluding hydrogens is 396 g/mol. The maximum atomic E-state index is 11.9. The van der Waals surface area contributed by atoms with Crippen molar-refractivity contribution in [3.8, 4) is 0 Å². The van der Waals surface area contributed by atoms with Gasteiger partial charge in [0, 0.05) is 13.3 Å². The molecule has 4 aliphatic carbocycles. The monoisotopic (exact) mass is 446 g/mol. The summed E-state index contributed by atoms with van der Waals surface area (Å²) in [5.74, 6) is 4.59. The highest BCUT2D eigenvalue weighted by atomic mass is 16.5. The highest BCUT2D eigenvalue weighted by molar-refractivity contribution is 5.66. The molecule has 0 aromatic heterocycles. The third-order valence-corrected chi connectivity index (χ3v) is 11.3. The fraction of sp³-hybridized carbons (Fsp3) is 0.966. The van der Waals surface area contributed by atoms with E-state index in [1.54, 1.807) is 0 Å². The maximum Gasteiger partial charge on any atom is 0.302 e. The molecule has 3 nitrogen and oxygen atoms in total. The van der Waals surface area contributed by atoms with E-state index in [9.17, 15) is 9.90 Å². The second-order valence-corrected chi connectivity index (χ2v) is 13.4. The van der Waals surface area contributed by atoms with Crippen LogP contribution in [0.4, 0.5) is 0 Å². The zero-order chi connectivity index (χ0) is 23.3. The van der Waals surface area contributed by atoms with Crippen molar-refractivity contribution in [2.75, 3.05) is 0 Å². The summed E-state index contributed by atoms with van der Waals surface area (Å²) in [6.45, 7) is 13.8. The third-order valence-electron chi connectivity index (χ3n) is 11.3. The molecule has 0 saturated heterocycles. The first-order chi connectivity index (χ1) is 15.0. The average molecular weight is 447 g/mol. The Balaban J connectivity index is 1.47. The first-order valence-electron chi connectivity index (χ1n) is 13.9. The molecule has 0 spiro atoms. The van der Waals surface area contributed by atoms with Gasteiger partial charge in [0.1, 0.15) is 6.10 Å². The van der Waals surface area contributed by atoms with Crippen LogP contribution in [0.5, 0.6) is 0 Å². The Labute approximate surface area is 197 Å². The van der Waals surface area contributed by atoms with Gasteiger partial charge in [0.05, 0.1) is 5.60 Å². The molecule has 32 heavy (non-hydrogen) atoms. The molecule has 4 fully saturated rings. The number of carbonyl (C=O) groups is 1. The molecule has 0 bridgehead atoms. The van der Waals surface area contributed by atoms with Gasteiger partial charge in [-0.2, -0.15) is 0 Å². The second-order valence-electron chi connectivity index (χ2n) is 13.4. The zero-order valence-electron chi connectivity index (χ0n) is 21.8. The van der Waals surface area contributed by atoms with Crippen LogP contribution in [0.3, 0.4) is 0 Å². The van der Waals surface area contributed by atoms with Gasteiger partial charge in [0.2, 0.25) is 0 Å². The van der Waals surface area contributed by atoms with Crippen LogP contribution in [0.15, 0.2) is 0 Å². The van der Waals surface area contributed by atoms with Gasteiger partial charge in [0.25, 0.3) is 0 Å². The van der Waals surface area contributed by atoms with Crippen molar-refractivity contribution in [3.63, 3.8) is 0 Å². The fourth-order valence-electron chi connectivity index (χ4n) is 9.57. The minimum absolute atomic E-state index is 0.0190. The van der Waals surface area contributed by atoms with Crippen molar-refractivity contribution in [3.05, 3.63) is 0 Å². The lowest BCUT2D eigenvalue weighted by atomic mass is 9.43. The Hall–Kier alpha value is -0.570. The number of aliphatic hydroxyl groups is 1. The van der Waals surface area contributed by atoms with Crippen LogP contribution in [0, 0.1) is 46.3 Å². The summed E-state index contributed by atoms with van der Waals surface area (Å²) in [5.41, 5.74) is -0.184. The summed E-state index contributed by atoms with van der Waals surface area (Å²) in [7, 11) is 0. The Kier molecular flexibility index (Phi) is 6.83. The molecule has 0 aromatic carbocycles. The predicted octanol–water partition coefficient (Wildman–Crippen LogP) is 7.15. The lowest BCUT2D eigenvalue weighted by Gasteiger charge is -2.64. The van der Waals surface area contributed by atoms with Crippen LogP contribution in [-0.4, -0.2) is 22.8 Å². The number of carbonyl (C=O) groups excluding carboxylic acids is 1. The number of fused-ring (bicyclic) bond motifs is 5. The molecular formula is C29H50O3. The largest absolute Gasteiger partial charge is 0.462 e. The summed E-state index contributed by atoms with van der Waals surface area (Å²) in [6, 6.07) is 0. The number of esters is 1. The second kappa shape index (κ2) is 8.90. The van der Waals surface area contributed by atoms with Crippen LogP contribution >= 0.6 is 0 Å². The van der Waals surface area contributed by atoms with Gasteiger partial charge in [-0.1, -0.05) is 53.9 Å². The first-order valence-corrected chi connectivity index (χ1v) is 13.9. The van der Waals surface area contributed by atoms with E-state index in [0.717, 1.165) is 55.3 Å². The van der Waals surface area contributed by atoms with Crippen molar-refractivity contribution in [2.24, 2.45) is 46.3 Å². The van der Waals surface area contributed by atoms with Crippen LogP contribution in [-0.2, 0) is 9.53 Å². The molecule has 0 aromatic rings. The van der Waals surface area contributed by atoms with Crippen molar-refractivity contribution < 1.29 is 14.6 Å². The molecule has 4 rings (SSSR count). The van der Waals surface area contributed by atoms with E-state index in [4.69, 9.17) is 4.74 Å². The number of rotatable bonds is 6. The topological polar surface area (TPSA) is 46.5 Å². The van der Waals surface area contributed by atoms with Crippen molar-refractivity contribution in [2.45, 2.75) is 130 Å². The van der Waals surface area contributed by atoms with Gasteiger partial charge >= 0.3 is 5.97 Å². The van der Waals surface area contributed by atoms with Crippen molar-refractivity contribution in [1.29, 1.82) is 0 Å². The minimum Gasteiger partial charge on any atom is -0.462 e. The molecule has 0 heterocycles. The molecule has 1 N–H and O–H groups in total. The lowest BCUT2D eigenvalue weighted by molar-refractivity contribution is -0.224. The van der Waals surface area contributed by atoms with Crippen LogP contribution in [0.2, 0.25) is 0 Å². The molecule has 3 heteroatoms. The van der Waals surface area contributed by atoms with Gasteiger partial charge in [0.15, 0.2) is 0 Å². The smallest absolute Gasteiger partial charge is 0.302 e. The SMILES string of the molecule is CC(=O)OC1CC[C@]2(C)[C@H]3CC[C@]4(C)[C@@H]([C@H](C)CCCC(C)C)CC[C@H]4[C@@H]3CCC2(O)C1. The van der Waals surface area contributed by atoms with Crippen molar-refractivity contribution in [1.82, 2.24) is 0 Å².